The summed E-state index contributed by atoms with van der Waals surface area (Å²) >= 11 is 2.93. The van der Waals surface area contributed by atoms with Crippen LogP contribution < -0.4 is 0 Å². The van der Waals surface area contributed by atoms with E-state index < -0.39 is 18.2 Å². The van der Waals surface area contributed by atoms with Gasteiger partial charge in [-0.2, -0.15) is 0 Å². The molecule has 0 saturated carbocycles. The van der Waals surface area contributed by atoms with Gasteiger partial charge in [0.2, 0.25) is 0 Å². The highest BCUT2D eigenvalue weighted by Crippen LogP contribution is 2.10. The number of carbonyl (C=O) groups excluding carboxylic acids is 1. The molecule has 0 spiro atoms. The minimum atomic E-state index is -1.07. The maximum absolute atomic E-state index is 11.0. The van der Waals surface area contributed by atoms with Crippen molar-refractivity contribution >= 4 is 21.9 Å². The van der Waals surface area contributed by atoms with Crippen LogP contribution in [0.15, 0.2) is 10.6 Å². The molecule has 0 fully saturated rings. The molecule has 4 nitrogen and oxygen atoms in total. The molecule has 76 valence electrons. The van der Waals surface area contributed by atoms with Crippen LogP contribution in [-0.4, -0.2) is 35.0 Å². The summed E-state index contributed by atoms with van der Waals surface area (Å²) in [6.07, 6.45) is -0.788. The molecule has 5 heteroatoms. The van der Waals surface area contributed by atoms with Gasteiger partial charge in [0.25, 0.3) is 0 Å². The van der Waals surface area contributed by atoms with Gasteiger partial charge in [-0.05, 0) is 35.9 Å². The third-order valence-electron chi connectivity index (χ3n) is 1.28. The van der Waals surface area contributed by atoms with Crippen LogP contribution >= 0.6 is 15.9 Å². The Morgan fingerprint density at radius 2 is 2.15 bits per heavy atom. The summed E-state index contributed by atoms with van der Waals surface area (Å²) in [5.41, 5.74) is 0. The summed E-state index contributed by atoms with van der Waals surface area (Å²) in [5.74, 6) is -0.554. The zero-order valence-electron chi connectivity index (χ0n) is 7.53. The van der Waals surface area contributed by atoms with Crippen LogP contribution in [0.1, 0.15) is 13.8 Å². The third-order valence-corrected chi connectivity index (χ3v) is 1.87. The van der Waals surface area contributed by atoms with Gasteiger partial charge in [-0.3, -0.25) is 0 Å². The van der Waals surface area contributed by atoms with Crippen LogP contribution in [0.4, 0.5) is 0 Å². The number of aliphatic hydroxyl groups is 2. The van der Waals surface area contributed by atoms with E-state index in [-0.39, 0.29) is 11.1 Å². The minimum absolute atomic E-state index is 0.114. The monoisotopic (exact) mass is 252 g/mol. The van der Waals surface area contributed by atoms with Crippen molar-refractivity contribution in [1.29, 1.82) is 0 Å². The molecule has 0 aliphatic rings. The predicted molar refractivity (Wildman–Crippen MR) is 51.3 cm³/mol. The van der Waals surface area contributed by atoms with Gasteiger partial charge in [0, 0.05) is 0 Å². The average molecular weight is 253 g/mol. The summed E-state index contributed by atoms with van der Waals surface area (Å²) in [7, 11) is 0. The summed E-state index contributed by atoms with van der Waals surface area (Å²) < 4.78 is 4.75. The average Bonchev–Trinajstić information content (AvgIpc) is 2.04. The standard InChI is InChI=1S/C8H13BrO4/c1-3-13-8(12)6(9)4-7(11)5(2)10/h4-5,7,10-11H,3H2,1-2H3/b6-4-/t5-,7-/m1/s1. The molecular weight excluding hydrogens is 240 g/mol. The molecule has 0 heterocycles. The molecular formula is C8H13BrO4. The minimum Gasteiger partial charge on any atom is -0.462 e. The lowest BCUT2D eigenvalue weighted by Gasteiger charge is -2.09. The van der Waals surface area contributed by atoms with Crippen molar-refractivity contribution in [2.75, 3.05) is 6.61 Å². The van der Waals surface area contributed by atoms with Crippen LogP contribution in [0, 0.1) is 0 Å². The Morgan fingerprint density at radius 3 is 2.54 bits per heavy atom. The van der Waals surface area contributed by atoms with Crippen molar-refractivity contribution in [2.24, 2.45) is 0 Å². The lowest BCUT2D eigenvalue weighted by Crippen LogP contribution is -2.20. The maximum atomic E-state index is 11.0. The molecule has 0 amide bonds. The first kappa shape index (κ1) is 12.6. The highest BCUT2D eigenvalue weighted by molar-refractivity contribution is 9.12. The molecule has 0 unspecified atom stereocenters. The van der Waals surface area contributed by atoms with Gasteiger partial charge in [-0.1, -0.05) is 0 Å². The Balaban J connectivity index is 4.22. The fraction of sp³-hybridized carbons (Fsp3) is 0.625. The van der Waals surface area contributed by atoms with Crippen LogP contribution in [-0.2, 0) is 9.53 Å². The summed E-state index contributed by atoms with van der Waals surface area (Å²) in [4.78, 5) is 11.0. The fourth-order valence-corrected chi connectivity index (χ4v) is 0.943. The van der Waals surface area contributed by atoms with Crippen molar-refractivity contribution in [3.63, 3.8) is 0 Å². The van der Waals surface area contributed by atoms with E-state index in [1.807, 2.05) is 0 Å². The molecule has 0 rings (SSSR count). The van der Waals surface area contributed by atoms with Gasteiger partial charge in [0.05, 0.1) is 18.8 Å². The summed E-state index contributed by atoms with van der Waals surface area (Å²) in [6.45, 7) is 3.38. The molecule has 0 aromatic heterocycles. The quantitative estimate of drug-likeness (QED) is 0.567. The molecule has 0 saturated heterocycles. The molecule has 0 radical (unpaired) electrons. The second-order valence-electron chi connectivity index (χ2n) is 2.47. The van der Waals surface area contributed by atoms with Crippen molar-refractivity contribution < 1.29 is 19.7 Å². The number of esters is 1. The van der Waals surface area contributed by atoms with E-state index >= 15 is 0 Å². The van der Waals surface area contributed by atoms with E-state index in [0.717, 1.165) is 0 Å². The van der Waals surface area contributed by atoms with Gasteiger partial charge >= 0.3 is 5.97 Å². The Hall–Kier alpha value is -0.390. The number of carbonyl (C=O) groups is 1. The van der Waals surface area contributed by atoms with Gasteiger partial charge in [-0.15, -0.1) is 0 Å². The number of hydrogen-bond acceptors (Lipinski definition) is 4. The van der Waals surface area contributed by atoms with Gasteiger partial charge in [0.1, 0.15) is 4.48 Å². The third kappa shape index (κ3) is 5.02. The SMILES string of the molecule is CCOC(=O)/C(Br)=C/[C@@H](O)[C@@H](C)O. The molecule has 0 aromatic carbocycles. The zero-order chi connectivity index (χ0) is 10.4. The lowest BCUT2D eigenvalue weighted by atomic mass is 10.2. The number of aliphatic hydroxyl groups excluding tert-OH is 2. The van der Waals surface area contributed by atoms with Crippen LogP contribution in [0.2, 0.25) is 0 Å². The highest BCUT2D eigenvalue weighted by Gasteiger charge is 2.12. The summed E-state index contributed by atoms with van der Waals surface area (Å²) in [6, 6.07) is 0. The van der Waals surface area contributed by atoms with Crippen LogP contribution in [0.25, 0.3) is 0 Å². The Morgan fingerprint density at radius 1 is 1.62 bits per heavy atom. The molecule has 0 aromatic rings. The zero-order valence-corrected chi connectivity index (χ0v) is 9.11. The van der Waals surface area contributed by atoms with Crippen molar-refractivity contribution in [1.82, 2.24) is 0 Å². The first-order valence-corrected chi connectivity index (χ1v) is 4.69. The van der Waals surface area contributed by atoms with Crippen molar-refractivity contribution in [3.05, 3.63) is 10.6 Å². The topological polar surface area (TPSA) is 66.8 Å². The highest BCUT2D eigenvalue weighted by atomic mass is 79.9. The maximum Gasteiger partial charge on any atom is 0.344 e. The molecule has 0 bridgehead atoms. The second-order valence-corrected chi connectivity index (χ2v) is 3.32. The van der Waals surface area contributed by atoms with E-state index in [2.05, 4.69) is 20.7 Å². The summed E-state index contributed by atoms with van der Waals surface area (Å²) in [5, 5.41) is 18.1. The normalized spacial score (nSPS) is 16.5. The van der Waals surface area contributed by atoms with Gasteiger partial charge in [-0.25, -0.2) is 4.79 Å². The molecule has 0 aliphatic heterocycles. The van der Waals surface area contributed by atoms with E-state index in [0.29, 0.717) is 0 Å². The lowest BCUT2D eigenvalue weighted by molar-refractivity contribution is -0.137. The molecule has 0 aliphatic carbocycles. The van der Waals surface area contributed by atoms with E-state index in [4.69, 9.17) is 10.2 Å². The number of rotatable bonds is 4. The largest absolute Gasteiger partial charge is 0.462 e. The van der Waals surface area contributed by atoms with E-state index in [9.17, 15) is 4.79 Å². The molecule has 2 N–H and O–H groups in total. The Labute approximate surface area is 85.3 Å². The number of ether oxygens (including phenoxy) is 1. The number of halogens is 1. The van der Waals surface area contributed by atoms with Crippen LogP contribution in [0.3, 0.4) is 0 Å². The first-order valence-electron chi connectivity index (χ1n) is 3.89. The molecule has 2 atom stereocenters. The Bertz CT molecular complexity index is 200. The molecule has 13 heavy (non-hydrogen) atoms. The van der Waals surface area contributed by atoms with E-state index in [1.54, 1.807) is 6.92 Å². The van der Waals surface area contributed by atoms with Gasteiger partial charge in [0.15, 0.2) is 0 Å². The predicted octanol–water partition coefficient (Wildman–Crippen LogP) is 0.570. The number of hydrogen-bond donors (Lipinski definition) is 2. The van der Waals surface area contributed by atoms with Gasteiger partial charge < -0.3 is 14.9 Å². The second kappa shape index (κ2) is 6.12. The smallest absolute Gasteiger partial charge is 0.344 e. The van der Waals surface area contributed by atoms with E-state index in [1.165, 1.54) is 13.0 Å². The van der Waals surface area contributed by atoms with Crippen molar-refractivity contribution in [3.8, 4) is 0 Å². The van der Waals surface area contributed by atoms with Crippen LogP contribution in [0.5, 0.6) is 0 Å². The van der Waals surface area contributed by atoms with Crippen molar-refractivity contribution in [2.45, 2.75) is 26.1 Å². The Kier molecular flexibility index (Phi) is 5.94. The first-order chi connectivity index (χ1) is 5.99. The fourth-order valence-electron chi connectivity index (χ4n) is 0.557.